The van der Waals surface area contributed by atoms with Gasteiger partial charge in [-0.3, -0.25) is 14.2 Å². The summed E-state index contributed by atoms with van der Waals surface area (Å²) >= 11 is 4.57. The number of aromatic nitrogens is 2. The highest BCUT2D eigenvalue weighted by Crippen LogP contribution is 2.21. The predicted octanol–water partition coefficient (Wildman–Crippen LogP) is 3.48. The van der Waals surface area contributed by atoms with E-state index in [-0.39, 0.29) is 43.0 Å². The summed E-state index contributed by atoms with van der Waals surface area (Å²) in [5.74, 6) is -0.806. The third-order valence-electron chi connectivity index (χ3n) is 3.91. The molecule has 0 aliphatic rings. The smallest absolute Gasteiger partial charge is 0.326 e. The van der Waals surface area contributed by atoms with Crippen molar-refractivity contribution in [1.82, 2.24) is 9.55 Å². The summed E-state index contributed by atoms with van der Waals surface area (Å²) in [7, 11) is 0. The fourth-order valence-corrected chi connectivity index (χ4v) is 3.59. The van der Waals surface area contributed by atoms with Gasteiger partial charge in [0.05, 0.1) is 12.3 Å². The molecular formula is C18H22BrClFN3O3S. The summed E-state index contributed by atoms with van der Waals surface area (Å²) in [5.41, 5.74) is 7.21. The first-order valence-electron chi connectivity index (χ1n) is 8.37. The Morgan fingerprint density at radius 1 is 1.39 bits per heavy atom. The lowest BCUT2D eigenvalue weighted by Gasteiger charge is -2.15. The van der Waals surface area contributed by atoms with Crippen LogP contribution in [0.25, 0.3) is 0 Å². The van der Waals surface area contributed by atoms with Crippen LogP contribution in [-0.2, 0) is 22.5 Å². The number of ether oxygens (including phenoxy) is 1. The second-order valence-corrected chi connectivity index (χ2v) is 7.32. The number of aryl methyl sites for hydroxylation is 1. The number of carbonyl (C=O) groups is 1. The minimum atomic E-state index is -0.491. The number of rotatable bonds is 8. The number of carbonyl (C=O) groups excluding carboxylic acids is 1. The number of esters is 1. The van der Waals surface area contributed by atoms with Crippen LogP contribution in [0.4, 0.5) is 4.39 Å². The monoisotopic (exact) mass is 493 g/mol. The maximum atomic E-state index is 13.0. The van der Waals surface area contributed by atoms with Crippen molar-refractivity contribution in [3.63, 3.8) is 0 Å². The first-order chi connectivity index (χ1) is 12.9. The lowest BCUT2D eigenvalue weighted by Crippen LogP contribution is -2.29. The number of benzene rings is 1. The molecule has 1 aromatic carbocycles. The quantitative estimate of drug-likeness (QED) is 0.343. The summed E-state index contributed by atoms with van der Waals surface area (Å²) in [6.45, 7) is 1.76. The molecule has 0 saturated heterocycles. The number of nitrogens with zero attached hydrogens (tertiary/aromatic N) is 2. The second kappa shape index (κ2) is 11.5. The second-order valence-electron chi connectivity index (χ2n) is 5.75. The van der Waals surface area contributed by atoms with E-state index in [1.165, 1.54) is 28.5 Å². The van der Waals surface area contributed by atoms with Gasteiger partial charge in [0, 0.05) is 6.04 Å². The van der Waals surface area contributed by atoms with Crippen LogP contribution in [0.15, 0.2) is 38.7 Å². The molecule has 1 aromatic heterocycles. The van der Waals surface area contributed by atoms with Gasteiger partial charge in [-0.1, -0.05) is 23.9 Å². The van der Waals surface area contributed by atoms with Crippen molar-refractivity contribution in [1.29, 1.82) is 0 Å². The third kappa shape index (κ3) is 6.30. The first kappa shape index (κ1) is 24.6. The van der Waals surface area contributed by atoms with Crippen LogP contribution in [0.1, 0.15) is 30.6 Å². The van der Waals surface area contributed by atoms with E-state index in [1.54, 1.807) is 25.3 Å². The first-order valence-corrected chi connectivity index (χ1v) is 10.4. The van der Waals surface area contributed by atoms with Crippen LogP contribution in [0.2, 0.25) is 0 Å². The molecule has 10 heteroatoms. The molecule has 6 nitrogen and oxygen atoms in total. The number of nitrogens with two attached hydrogens (primary N) is 1. The number of hydrogen-bond acceptors (Lipinski definition) is 6. The third-order valence-corrected chi connectivity index (χ3v) is 5.39. The van der Waals surface area contributed by atoms with Gasteiger partial charge < -0.3 is 10.5 Å². The molecule has 0 saturated carbocycles. The summed E-state index contributed by atoms with van der Waals surface area (Å²) in [5, 5.41) is 0.432. The molecule has 2 rings (SSSR count). The molecule has 2 N–H and O–H groups in total. The van der Waals surface area contributed by atoms with Crippen LogP contribution >= 0.6 is 40.1 Å². The topological polar surface area (TPSA) is 87.2 Å². The summed E-state index contributed by atoms with van der Waals surface area (Å²) < 4.78 is 19.5. The van der Waals surface area contributed by atoms with Gasteiger partial charge in [0.15, 0.2) is 5.16 Å². The summed E-state index contributed by atoms with van der Waals surface area (Å²) in [6.07, 6.45) is 2.78. The van der Waals surface area contributed by atoms with Crippen molar-refractivity contribution < 1.29 is 13.9 Å². The lowest BCUT2D eigenvalue weighted by molar-refractivity contribution is -0.144. The van der Waals surface area contributed by atoms with Gasteiger partial charge in [0.2, 0.25) is 0 Å². The highest BCUT2D eigenvalue weighted by molar-refractivity contribution is 9.10. The zero-order valence-corrected chi connectivity index (χ0v) is 18.7. The van der Waals surface area contributed by atoms with Gasteiger partial charge in [-0.15, -0.1) is 12.4 Å². The molecule has 0 amide bonds. The number of halogens is 3. The van der Waals surface area contributed by atoms with Crippen LogP contribution in [-0.4, -0.2) is 28.4 Å². The minimum Gasteiger partial charge on any atom is -0.465 e. The molecule has 0 radical (unpaired) electrons. The van der Waals surface area contributed by atoms with Crippen molar-refractivity contribution in [3.05, 3.63) is 56.2 Å². The molecule has 2 aromatic rings. The van der Waals surface area contributed by atoms with E-state index in [0.29, 0.717) is 28.2 Å². The fourth-order valence-electron chi connectivity index (χ4n) is 2.52. The van der Waals surface area contributed by atoms with Crippen LogP contribution < -0.4 is 11.3 Å². The van der Waals surface area contributed by atoms with Gasteiger partial charge in [0.25, 0.3) is 5.56 Å². The molecule has 0 unspecified atom stereocenters. The maximum Gasteiger partial charge on any atom is 0.326 e. The van der Waals surface area contributed by atoms with E-state index in [0.717, 1.165) is 5.56 Å². The minimum absolute atomic E-state index is 0. The molecule has 0 bridgehead atoms. The Kier molecular flexibility index (Phi) is 10.2. The van der Waals surface area contributed by atoms with Crippen molar-refractivity contribution in [2.24, 2.45) is 5.73 Å². The molecule has 0 aliphatic carbocycles. The zero-order valence-electron chi connectivity index (χ0n) is 15.5. The Hall–Kier alpha value is -1.42. The molecule has 28 heavy (non-hydrogen) atoms. The van der Waals surface area contributed by atoms with Gasteiger partial charge in [-0.25, -0.2) is 9.37 Å². The van der Waals surface area contributed by atoms with Gasteiger partial charge in [0.1, 0.15) is 16.8 Å². The van der Waals surface area contributed by atoms with Crippen molar-refractivity contribution >= 4 is 46.1 Å². The van der Waals surface area contributed by atoms with Crippen molar-refractivity contribution in [3.8, 4) is 0 Å². The van der Waals surface area contributed by atoms with Crippen LogP contribution in [0, 0.1) is 5.82 Å². The van der Waals surface area contributed by atoms with E-state index in [2.05, 4.69) is 20.9 Å². The predicted molar refractivity (Wildman–Crippen MR) is 114 cm³/mol. The average Bonchev–Trinajstić information content (AvgIpc) is 2.65. The Morgan fingerprint density at radius 2 is 2.04 bits per heavy atom. The number of hydrogen-bond donors (Lipinski definition) is 1. The lowest BCUT2D eigenvalue weighted by atomic mass is 10.0. The molecule has 0 spiro atoms. The van der Waals surface area contributed by atoms with Crippen molar-refractivity contribution in [2.75, 3.05) is 12.9 Å². The Morgan fingerprint density at radius 3 is 2.61 bits per heavy atom. The Balaban J connectivity index is 0.00000392. The molecule has 1 atom stereocenters. The average molecular weight is 495 g/mol. The van der Waals surface area contributed by atoms with Crippen LogP contribution in [0.5, 0.6) is 0 Å². The Labute approximate surface area is 181 Å². The highest BCUT2D eigenvalue weighted by Gasteiger charge is 2.18. The summed E-state index contributed by atoms with van der Waals surface area (Å²) in [4.78, 5) is 28.9. The van der Waals surface area contributed by atoms with E-state index < -0.39 is 5.97 Å². The van der Waals surface area contributed by atoms with Gasteiger partial charge >= 0.3 is 5.97 Å². The fraction of sp³-hybridized carbons (Fsp3) is 0.389. The van der Waals surface area contributed by atoms with E-state index >= 15 is 0 Å². The largest absolute Gasteiger partial charge is 0.465 e. The summed E-state index contributed by atoms with van der Waals surface area (Å²) in [6, 6.07) is 5.72. The SMILES string of the molecule is CCOC(=O)Cn1c(SC)nc(CC[C@@H](N)c2ccc(F)cc2)c(Br)c1=O.Cl. The molecule has 0 aliphatic heterocycles. The zero-order chi connectivity index (χ0) is 20.0. The highest BCUT2D eigenvalue weighted by atomic mass is 79.9. The molecule has 154 valence electrons. The molecular weight excluding hydrogens is 473 g/mol. The van der Waals surface area contributed by atoms with E-state index in [1.807, 2.05) is 0 Å². The van der Waals surface area contributed by atoms with Crippen molar-refractivity contribution in [2.45, 2.75) is 37.5 Å². The number of thioether (sulfide) groups is 1. The standard InChI is InChI=1S/C18H21BrFN3O3S.ClH/c1-3-26-15(24)10-23-17(25)16(19)14(22-18(23)27-2)9-8-13(21)11-4-6-12(20)7-5-11;/h4-7,13H,3,8-10,21H2,1-2H3;1H/t13-;/m1./s1. The van der Waals surface area contributed by atoms with Gasteiger partial charge in [-0.2, -0.15) is 0 Å². The van der Waals surface area contributed by atoms with E-state index in [9.17, 15) is 14.0 Å². The Bertz CT molecular complexity index is 864. The normalized spacial score (nSPS) is 11.6. The van der Waals surface area contributed by atoms with Crippen LogP contribution in [0.3, 0.4) is 0 Å². The maximum absolute atomic E-state index is 13.0. The van der Waals surface area contributed by atoms with E-state index in [4.69, 9.17) is 10.5 Å². The molecule has 1 heterocycles. The molecule has 0 fully saturated rings. The van der Waals surface area contributed by atoms with Gasteiger partial charge in [-0.05, 0) is 59.6 Å².